The van der Waals surface area contributed by atoms with Gasteiger partial charge in [-0.1, -0.05) is 39.0 Å². The summed E-state index contributed by atoms with van der Waals surface area (Å²) in [4.78, 5) is 10.2. The van der Waals surface area contributed by atoms with Crippen molar-refractivity contribution in [2.45, 2.75) is 46.5 Å². The molecule has 16 heavy (non-hydrogen) atoms. The highest BCUT2D eigenvalue weighted by molar-refractivity contribution is 7.18. The van der Waals surface area contributed by atoms with Gasteiger partial charge in [-0.05, 0) is 29.9 Å². The zero-order valence-corrected chi connectivity index (χ0v) is 11.4. The molecule has 0 N–H and O–H groups in total. The van der Waals surface area contributed by atoms with E-state index in [-0.39, 0.29) is 0 Å². The summed E-state index contributed by atoms with van der Waals surface area (Å²) in [6.45, 7) is 10.9. The quantitative estimate of drug-likeness (QED) is 0.776. The fraction of sp³-hybridized carbons (Fsp3) is 0.538. The Bertz CT molecular complexity index is 512. The first-order chi connectivity index (χ1) is 7.50. The molecule has 2 aromatic heterocycles. The first kappa shape index (κ1) is 11.5. The van der Waals surface area contributed by atoms with Gasteiger partial charge in [0.25, 0.3) is 0 Å². The third-order valence-electron chi connectivity index (χ3n) is 2.80. The van der Waals surface area contributed by atoms with E-state index in [9.17, 15) is 0 Å². The standard InChI is InChI=1S/C13H18N2S/c1-7(2)10-6-14-13-12(11(10)8(3)4)15-9(5)16-13/h6-8H,1-5H3. The maximum absolute atomic E-state index is 4.63. The van der Waals surface area contributed by atoms with Crippen molar-refractivity contribution in [1.82, 2.24) is 9.97 Å². The lowest BCUT2D eigenvalue weighted by molar-refractivity contribution is 0.790. The molecule has 2 aromatic rings. The van der Waals surface area contributed by atoms with Crippen molar-refractivity contribution in [2.24, 2.45) is 0 Å². The summed E-state index contributed by atoms with van der Waals surface area (Å²) in [5, 5.41) is 1.10. The Balaban J connectivity index is 2.78. The van der Waals surface area contributed by atoms with Crippen molar-refractivity contribution in [3.05, 3.63) is 22.3 Å². The van der Waals surface area contributed by atoms with Crippen LogP contribution in [0.25, 0.3) is 10.3 Å². The summed E-state index contributed by atoms with van der Waals surface area (Å²) in [5.74, 6) is 1.01. The molecule has 0 fully saturated rings. The predicted octanol–water partition coefficient (Wildman–Crippen LogP) is 4.25. The highest BCUT2D eigenvalue weighted by atomic mass is 32.1. The molecule has 0 atom stereocenters. The Kier molecular flexibility index (Phi) is 2.98. The molecular formula is C13H18N2S. The van der Waals surface area contributed by atoms with Gasteiger partial charge >= 0.3 is 0 Å². The number of fused-ring (bicyclic) bond motifs is 1. The van der Waals surface area contributed by atoms with Crippen LogP contribution in [-0.2, 0) is 0 Å². The van der Waals surface area contributed by atoms with E-state index in [1.807, 2.05) is 13.1 Å². The van der Waals surface area contributed by atoms with E-state index < -0.39 is 0 Å². The molecule has 2 heterocycles. The molecule has 0 bridgehead atoms. The normalized spacial score (nSPS) is 11.9. The van der Waals surface area contributed by atoms with Crippen molar-refractivity contribution < 1.29 is 0 Å². The van der Waals surface area contributed by atoms with Gasteiger partial charge in [0.2, 0.25) is 0 Å². The predicted molar refractivity (Wildman–Crippen MR) is 70.3 cm³/mol. The number of thiazole rings is 1. The lowest BCUT2D eigenvalue weighted by atomic mass is 9.92. The second-order valence-electron chi connectivity index (χ2n) is 4.82. The Morgan fingerprint density at radius 2 is 1.81 bits per heavy atom. The van der Waals surface area contributed by atoms with Gasteiger partial charge in [0.1, 0.15) is 10.3 Å². The minimum atomic E-state index is 0.504. The van der Waals surface area contributed by atoms with Crippen molar-refractivity contribution in [3.8, 4) is 0 Å². The number of pyridine rings is 1. The third-order valence-corrected chi connectivity index (χ3v) is 3.68. The van der Waals surface area contributed by atoms with Crippen LogP contribution in [0.4, 0.5) is 0 Å². The Hall–Kier alpha value is -0.960. The minimum absolute atomic E-state index is 0.504. The van der Waals surface area contributed by atoms with Gasteiger partial charge in [-0.25, -0.2) is 9.97 Å². The van der Waals surface area contributed by atoms with Crippen molar-refractivity contribution in [2.75, 3.05) is 0 Å². The van der Waals surface area contributed by atoms with E-state index in [0.717, 1.165) is 15.4 Å². The molecule has 0 aromatic carbocycles. The van der Waals surface area contributed by atoms with Gasteiger partial charge in [-0.2, -0.15) is 0 Å². The lowest BCUT2D eigenvalue weighted by Crippen LogP contribution is -2.01. The number of nitrogens with zero attached hydrogens (tertiary/aromatic N) is 2. The average Bonchev–Trinajstić information content (AvgIpc) is 2.55. The average molecular weight is 234 g/mol. The van der Waals surface area contributed by atoms with Gasteiger partial charge in [0.05, 0.1) is 5.01 Å². The first-order valence-electron chi connectivity index (χ1n) is 5.76. The Morgan fingerprint density at radius 1 is 1.12 bits per heavy atom. The van der Waals surface area contributed by atoms with Crippen LogP contribution in [0.15, 0.2) is 6.20 Å². The van der Waals surface area contributed by atoms with Crippen molar-refractivity contribution >= 4 is 21.7 Å². The summed E-state index contributed by atoms with van der Waals surface area (Å²) in [6, 6.07) is 0. The van der Waals surface area contributed by atoms with Gasteiger partial charge < -0.3 is 0 Å². The van der Waals surface area contributed by atoms with Crippen molar-refractivity contribution in [3.63, 3.8) is 0 Å². The molecule has 86 valence electrons. The van der Waals surface area contributed by atoms with Crippen LogP contribution in [0.2, 0.25) is 0 Å². The summed E-state index contributed by atoms with van der Waals surface area (Å²) < 4.78 is 0. The number of aryl methyl sites for hydroxylation is 1. The van der Waals surface area contributed by atoms with E-state index in [0.29, 0.717) is 11.8 Å². The smallest absolute Gasteiger partial charge is 0.143 e. The summed E-state index contributed by atoms with van der Waals surface area (Å²) >= 11 is 1.68. The molecule has 0 amide bonds. The second-order valence-corrected chi connectivity index (χ2v) is 6.00. The number of hydrogen-bond donors (Lipinski definition) is 0. The van der Waals surface area contributed by atoms with Crippen molar-refractivity contribution in [1.29, 1.82) is 0 Å². The summed E-state index contributed by atoms with van der Waals surface area (Å²) in [7, 11) is 0. The minimum Gasteiger partial charge on any atom is -0.243 e. The maximum atomic E-state index is 4.63. The first-order valence-corrected chi connectivity index (χ1v) is 6.58. The SMILES string of the molecule is Cc1nc2c(C(C)C)c(C(C)C)cnc2s1. The van der Waals surface area contributed by atoms with Gasteiger partial charge in [-0.15, -0.1) is 0 Å². The molecule has 0 aliphatic carbocycles. The highest BCUT2D eigenvalue weighted by Crippen LogP contribution is 2.33. The fourth-order valence-corrected chi connectivity index (χ4v) is 2.85. The van der Waals surface area contributed by atoms with E-state index >= 15 is 0 Å². The largest absolute Gasteiger partial charge is 0.243 e. The van der Waals surface area contributed by atoms with E-state index in [4.69, 9.17) is 0 Å². The molecule has 2 rings (SSSR count). The van der Waals surface area contributed by atoms with Crippen LogP contribution in [0.1, 0.15) is 55.7 Å². The van der Waals surface area contributed by atoms with Crippen LogP contribution in [0.5, 0.6) is 0 Å². The van der Waals surface area contributed by atoms with Gasteiger partial charge in [0.15, 0.2) is 0 Å². The molecule has 0 saturated heterocycles. The summed E-state index contributed by atoms with van der Waals surface area (Å²) in [5.41, 5.74) is 3.83. The van der Waals surface area contributed by atoms with E-state index in [2.05, 4.69) is 37.7 Å². The zero-order chi connectivity index (χ0) is 11.9. The molecule has 0 saturated carbocycles. The second kappa shape index (κ2) is 4.13. The van der Waals surface area contributed by atoms with E-state index in [1.54, 1.807) is 11.3 Å². The number of aromatic nitrogens is 2. The monoisotopic (exact) mass is 234 g/mol. The molecule has 0 aliphatic rings. The molecule has 0 unspecified atom stereocenters. The van der Waals surface area contributed by atoms with Gasteiger partial charge in [0, 0.05) is 6.20 Å². The molecule has 2 nitrogen and oxygen atoms in total. The molecule has 3 heteroatoms. The highest BCUT2D eigenvalue weighted by Gasteiger charge is 2.17. The van der Waals surface area contributed by atoms with Crippen LogP contribution >= 0.6 is 11.3 Å². The molecule has 0 aliphatic heterocycles. The van der Waals surface area contributed by atoms with Crippen LogP contribution in [0, 0.1) is 6.92 Å². The molecule has 0 radical (unpaired) electrons. The van der Waals surface area contributed by atoms with Crippen LogP contribution in [0.3, 0.4) is 0 Å². The van der Waals surface area contributed by atoms with Crippen LogP contribution in [-0.4, -0.2) is 9.97 Å². The number of hydrogen-bond acceptors (Lipinski definition) is 3. The number of rotatable bonds is 2. The molecule has 0 spiro atoms. The third kappa shape index (κ3) is 1.84. The van der Waals surface area contributed by atoms with Gasteiger partial charge in [-0.3, -0.25) is 0 Å². The lowest BCUT2D eigenvalue weighted by Gasteiger charge is -2.15. The van der Waals surface area contributed by atoms with E-state index in [1.165, 1.54) is 11.1 Å². The maximum Gasteiger partial charge on any atom is 0.143 e. The fourth-order valence-electron chi connectivity index (χ4n) is 2.08. The summed E-state index contributed by atoms with van der Waals surface area (Å²) in [6.07, 6.45) is 2.03. The molecular weight excluding hydrogens is 216 g/mol. The Morgan fingerprint density at radius 3 is 2.38 bits per heavy atom. The zero-order valence-electron chi connectivity index (χ0n) is 10.5. The topological polar surface area (TPSA) is 25.8 Å². The Labute approximate surface area is 101 Å². The van der Waals surface area contributed by atoms with Crippen LogP contribution < -0.4 is 0 Å².